The van der Waals surface area contributed by atoms with Crippen LogP contribution in [0.5, 0.6) is 0 Å². The molecule has 0 spiro atoms. The van der Waals surface area contributed by atoms with Crippen molar-refractivity contribution in [3.05, 3.63) is 244 Å². The van der Waals surface area contributed by atoms with Gasteiger partial charge >= 0.3 is 0 Å². The van der Waals surface area contributed by atoms with Crippen molar-refractivity contribution in [2.45, 2.75) is 38.5 Å². The van der Waals surface area contributed by atoms with Crippen LogP contribution in [-0.4, -0.2) is 0 Å². The zero-order chi connectivity index (χ0) is 39.9. The quantitative estimate of drug-likeness (QED) is 0.116. The molecule has 9 aromatic carbocycles. The monoisotopic (exact) mass is 755 g/mol. The summed E-state index contributed by atoms with van der Waals surface area (Å²) in [6, 6.07) is 70.1. The first-order chi connectivity index (χ1) is 28.8. The Morgan fingerprint density at radius 3 is 1.61 bits per heavy atom. The number of hydrogen-bond donors (Lipinski definition) is 0. The first-order valence-electron chi connectivity index (χ1n) is 20.8. The van der Waals surface area contributed by atoms with Crippen LogP contribution in [0, 0.1) is 13.8 Å². The summed E-state index contributed by atoms with van der Waals surface area (Å²) in [5.41, 5.74) is 18.6. The number of anilines is 3. The molecule has 0 atom stereocenters. The molecule has 0 unspecified atom stereocenters. The van der Waals surface area contributed by atoms with E-state index in [2.05, 4.69) is 233 Å². The molecule has 2 aliphatic rings. The Labute approximate surface area is 347 Å². The molecule has 0 saturated carbocycles. The minimum absolute atomic E-state index is 0.176. The molecule has 0 saturated heterocycles. The molecule has 0 fully saturated rings. The highest BCUT2D eigenvalue weighted by Gasteiger charge is 2.45. The van der Waals surface area contributed by atoms with Gasteiger partial charge in [0.15, 0.2) is 0 Å². The summed E-state index contributed by atoms with van der Waals surface area (Å²) in [6.45, 7) is 9.18. The number of hydrogen-bond acceptors (Lipinski definition) is 1. The average Bonchev–Trinajstić information content (AvgIpc) is 3.70. The van der Waals surface area contributed by atoms with Gasteiger partial charge < -0.3 is 4.90 Å². The van der Waals surface area contributed by atoms with E-state index >= 15 is 0 Å². The van der Waals surface area contributed by atoms with E-state index in [1.165, 1.54) is 105 Å². The lowest BCUT2D eigenvalue weighted by Crippen LogP contribution is -2.28. The first kappa shape index (κ1) is 35.2. The van der Waals surface area contributed by atoms with Gasteiger partial charge in [0.25, 0.3) is 0 Å². The zero-order valence-corrected chi connectivity index (χ0v) is 34.0. The standard InChI is InChI=1S/C58H45N/c1-38-16-11-13-24-53(38)59(54-25-14-12-17-39(54)2)46-31-33-48-47-32-28-40(35-50(47)57(3,4)51(48)37-46)26-27-41-34-43-30-29-42-18-15-23-49-55(42)56(43)52(36-41)58(49,44-19-7-5-8-20-44)45-21-9-6-10-22-45/h5-37H,1-4H3/b27-26+. The molecule has 0 amide bonds. The summed E-state index contributed by atoms with van der Waals surface area (Å²) in [5.74, 6) is 0. The fourth-order valence-electron chi connectivity index (χ4n) is 10.5. The molecular weight excluding hydrogens is 711 g/mol. The Bertz CT molecular complexity index is 3060. The summed E-state index contributed by atoms with van der Waals surface area (Å²) in [4.78, 5) is 2.43. The van der Waals surface area contributed by atoms with Crippen LogP contribution in [-0.2, 0) is 10.8 Å². The number of benzene rings is 9. The van der Waals surface area contributed by atoms with E-state index in [-0.39, 0.29) is 5.41 Å². The summed E-state index contributed by atoms with van der Waals surface area (Å²) in [6.07, 6.45) is 4.63. The second-order valence-electron chi connectivity index (χ2n) is 17.0. The smallest absolute Gasteiger partial charge is 0.0714 e. The van der Waals surface area contributed by atoms with Crippen LogP contribution in [0.15, 0.2) is 188 Å². The molecule has 0 bridgehead atoms. The summed E-state index contributed by atoms with van der Waals surface area (Å²) in [7, 11) is 0. The van der Waals surface area contributed by atoms with Crippen LogP contribution in [0.4, 0.5) is 17.1 Å². The molecule has 0 radical (unpaired) electrons. The molecule has 0 aliphatic heterocycles. The van der Waals surface area contributed by atoms with Crippen molar-refractivity contribution in [1.29, 1.82) is 0 Å². The minimum atomic E-state index is -0.427. The van der Waals surface area contributed by atoms with Crippen LogP contribution in [0.25, 0.3) is 44.8 Å². The zero-order valence-electron chi connectivity index (χ0n) is 34.0. The molecule has 282 valence electrons. The fraction of sp³-hybridized carbons (Fsp3) is 0.103. The molecule has 59 heavy (non-hydrogen) atoms. The Balaban J connectivity index is 1.00. The van der Waals surface area contributed by atoms with Gasteiger partial charge in [-0.1, -0.05) is 178 Å². The number of nitrogens with zero attached hydrogens (tertiary/aromatic N) is 1. The maximum Gasteiger partial charge on any atom is 0.0714 e. The van der Waals surface area contributed by atoms with Crippen LogP contribution in [0.2, 0.25) is 0 Å². The van der Waals surface area contributed by atoms with Crippen LogP contribution in [0.1, 0.15) is 69.5 Å². The third kappa shape index (κ3) is 5.24. The topological polar surface area (TPSA) is 3.24 Å². The lowest BCUT2D eigenvalue weighted by Gasteiger charge is -2.34. The molecule has 9 aromatic rings. The average molecular weight is 756 g/mol. The van der Waals surface area contributed by atoms with Gasteiger partial charge in [0.2, 0.25) is 0 Å². The van der Waals surface area contributed by atoms with Crippen molar-refractivity contribution in [2.24, 2.45) is 0 Å². The lowest BCUT2D eigenvalue weighted by atomic mass is 9.67. The fourth-order valence-corrected chi connectivity index (χ4v) is 10.5. The van der Waals surface area contributed by atoms with Crippen LogP contribution < -0.4 is 4.90 Å². The largest absolute Gasteiger partial charge is 0.310 e. The van der Waals surface area contributed by atoms with E-state index in [1.807, 2.05) is 0 Å². The van der Waals surface area contributed by atoms with Crippen molar-refractivity contribution in [2.75, 3.05) is 4.90 Å². The van der Waals surface area contributed by atoms with Crippen molar-refractivity contribution in [1.82, 2.24) is 0 Å². The van der Waals surface area contributed by atoms with Gasteiger partial charge in [-0.25, -0.2) is 0 Å². The number of fused-ring (bicyclic) bond motifs is 3. The second kappa shape index (κ2) is 13.3. The number of aryl methyl sites for hydroxylation is 2. The normalized spacial score (nSPS) is 14.3. The predicted octanol–water partition coefficient (Wildman–Crippen LogP) is 15.3. The van der Waals surface area contributed by atoms with Gasteiger partial charge in [-0.3, -0.25) is 0 Å². The third-order valence-corrected chi connectivity index (χ3v) is 13.3. The highest BCUT2D eigenvalue weighted by molar-refractivity contribution is 6.16. The number of para-hydroxylation sites is 2. The van der Waals surface area contributed by atoms with Crippen LogP contribution >= 0.6 is 0 Å². The molecule has 0 aromatic heterocycles. The SMILES string of the molecule is Cc1ccccc1N(c1ccc2c(c1)C(C)(C)c1cc(/C=C/c3cc4c5c(ccc6cccc(c65)C4(c4ccccc4)c4ccccc4)c3)ccc1-2)c1ccccc1C. The Morgan fingerprint density at radius 1 is 0.407 bits per heavy atom. The molecule has 11 rings (SSSR count). The highest BCUT2D eigenvalue weighted by atomic mass is 15.1. The molecule has 1 nitrogen and oxygen atoms in total. The lowest BCUT2D eigenvalue weighted by molar-refractivity contribution is 0.660. The van der Waals surface area contributed by atoms with Gasteiger partial charge in [-0.15, -0.1) is 0 Å². The van der Waals surface area contributed by atoms with E-state index in [4.69, 9.17) is 0 Å². The molecular formula is C58H45N. The van der Waals surface area contributed by atoms with Crippen molar-refractivity contribution in [3.63, 3.8) is 0 Å². The first-order valence-corrected chi connectivity index (χ1v) is 20.8. The third-order valence-electron chi connectivity index (χ3n) is 13.3. The Hall–Kier alpha value is -6.96. The van der Waals surface area contributed by atoms with Gasteiger partial charge in [-0.05, 0) is 139 Å². The molecule has 1 heteroatoms. The van der Waals surface area contributed by atoms with E-state index in [1.54, 1.807) is 0 Å². The summed E-state index contributed by atoms with van der Waals surface area (Å²) in [5, 5.41) is 5.30. The predicted molar refractivity (Wildman–Crippen MR) is 250 cm³/mol. The maximum absolute atomic E-state index is 2.46. The van der Waals surface area contributed by atoms with E-state index < -0.39 is 5.41 Å². The summed E-state index contributed by atoms with van der Waals surface area (Å²) >= 11 is 0. The molecule has 0 N–H and O–H groups in total. The van der Waals surface area contributed by atoms with Gasteiger partial charge in [0, 0.05) is 22.5 Å². The Morgan fingerprint density at radius 2 is 0.949 bits per heavy atom. The second-order valence-corrected chi connectivity index (χ2v) is 17.0. The highest BCUT2D eigenvalue weighted by Crippen LogP contribution is 2.56. The van der Waals surface area contributed by atoms with E-state index in [0.717, 1.165) is 0 Å². The van der Waals surface area contributed by atoms with Crippen molar-refractivity contribution >= 4 is 50.8 Å². The van der Waals surface area contributed by atoms with Gasteiger partial charge in [0.05, 0.1) is 5.41 Å². The molecule has 0 heterocycles. The van der Waals surface area contributed by atoms with Crippen molar-refractivity contribution in [3.8, 4) is 11.1 Å². The number of rotatable bonds is 7. The van der Waals surface area contributed by atoms with Gasteiger partial charge in [-0.2, -0.15) is 0 Å². The summed E-state index contributed by atoms with van der Waals surface area (Å²) < 4.78 is 0. The van der Waals surface area contributed by atoms with E-state index in [0.29, 0.717) is 0 Å². The van der Waals surface area contributed by atoms with Crippen LogP contribution in [0.3, 0.4) is 0 Å². The Kier molecular flexibility index (Phi) is 7.94. The van der Waals surface area contributed by atoms with E-state index in [9.17, 15) is 0 Å². The van der Waals surface area contributed by atoms with Crippen molar-refractivity contribution < 1.29 is 0 Å². The molecule has 2 aliphatic carbocycles. The van der Waals surface area contributed by atoms with Gasteiger partial charge in [0.1, 0.15) is 0 Å². The maximum atomic E-state index is 2.46. The minimum Gasteiger partial charge on any atom is -0.310 e.